The molecule has 0 amide bonds. The number of hydrogen-bond donors (Lipinski definition) is 4. The average Bonchev–Trinajstić information content (AvgIpc) is 3.43. The molecule has 10 nitrogen and oxygen atoms in total. The number of aryl methyl sites for hydroxylation is 1. The minimum absolute atomic E-state index is 0.0500. The van der Waals surface area contributed by atoms with Gasteiger partial charge in [0.15, 0.2) is 5.82 Å². The molecule has 12 heteroatoms. The van der Waals surface area contributed by atoms with Gasteiger partial charge < -0.3 is 25.9 Å². The zero-order valence-electron chi connectivity index (χ0n) is 26.4. The van der Waals surface area contributed by atoms with Crippen LogP contribution in [0.2, 0.25) is 5.02 Å². The van der Waals surface area contributed by atoms with Crippen LogP contribution in [0.25, 0.3) is 28.0 Å². The fraction of sp³-hybridized carbons (Fsp3) is 0.441. The Bertz CT molecular complexity index is 1710. The van der Waals surface area contributed by atoms with E-state index < -0.39 is 11.5 Å². The van der Waals surface area contributed by atoms with Gasteiger partial charge >= 0.3 is 5.69 Å². The lowest BCUT2D eigenvalue weighted by molar-refractivity contribution is 0.0399. The van der Waals surface area contributed by atoms with E-state index in [0.29, 0.717) is 41.2 Å². The van der Waals surface area contributed by atoms with Crippen molar-refractivity contribution in [2.75, 3.05) is 26.9 Å². The molecule has 3 heterocycles. The van der Waals surface area contributed by atoms with Crippen LogP contribution in [0.5, 0.6) is 0 Å². The number of likely N-dealkylation sites (tertiary alicyclic amines) is 1. The van der Waals surface area contributed by atoms with Gasteiger partial charge in [-0.25, -0.2) is 9.18 Å². The Balaban J connectivity index is 1.38. The third kappa shape index (κ3) is 7.95. The second-order valence-electron chi connectivity index (χ2n) is 12.1. The number of H-pyrrole nitrogens is 1. The highest BCUT2D eigenvalue weighted by Gasteiger charge is 2.31. The second-order valence-corrected chi connectivity index (χ2v) is 12.5. The van der Waals surface area contributed by atoms with Gasteiger partial charge in [0.05, 0.1) is 29.6 Å². The molecule has 1 aliphatic heterocycles. The Morgan fingerprint density at radius 1 is 1.22 bits per heavy atom. The Labute approximate surface area is 273 Å². The SMILES string of the molecule is COCCN1[C@H](CCOC(=N)N)CCC[C@H]1c1ccc(-n2cc3cc(-c4cc(CCC[C@H](C)N)cc(Cl)c4F)[nH]c3nc2=O)cc1. The van der Waals surface area contributed by atoms with E-state index in [-0.39, 0.29) is 29.2 Å². The maximum absolute atomic E-state index is 15.2. The zero-order valence-corrected chi connectivity index (χ0v) is 27.2. The zero-order chi connectivity index (χ0) is 32.8. The first-order valence-electron chi connectivity index (χ1n) is 15.8. The highest BCUT2D eigenvalue weighted by molar-refractivity contribution is 6.31. The summed E-state index contributed by atoms with van der Waals surface area (Å²) in [5.41, 5.74) is 14.8. The third-order valence-corrected chi connectivity index (χ3v) is 8.99. The van der Waals surface area contributed by atoms with Gasteiger partial charge in [-0.05, 0) is 93.3 Å². The van der Waals surface area contributed by atoms with E-state index in [1.54, 1.807) is 31.5 Å². The number of benzene rings is 2. The molecule has 1 aliphatic rings. The molecular formula is C34H43ClFN7O3. The van der Waals surface area contributed by atoms with E-state index in [1.807, 2.05) is 19.1 Å². The summed E-state index contributed by atoms with van der Waals surface area (Å²) in [6, 6.07) is 13.5. The van der Waals surface area contributed by atoms with Crippen molar-refractivity contribution < 1.29 is 13.9 Å². The highest BCUT2D eigenvalue weighted by atomic mass is 35.5. The standard InChI is InChI=1S/C34H43ClFN7O3/c1-21(37)5-3-6-22-17-27(31(36)28(35)18-22)29-19-24-20-43(34(44)41-32(24)40-29)26-11-9-23(10-12-26)30-8-4-7-25(13-15-46-33(38)39)42(30)14-16-45-2/h9-12,17-21,25,30H,3-8,13-16,37H2,1-2H3,(H3,38,39)(H,40,41,44)/t21-,25-,30-/m0/s1. The first-order chi connectivity index (χ1) is 22.1. The molecule has 5 rings (SSSR count). The third-order valence-electron chi connectivity index (χ3n) is 8.71. The summed E-state index contributed by atoms with van der Waals surface area (Å²) in [5.74, 6) is -0.522. The smallest absolute Gasteiger partial charge is 0.354 e. The van der Waals surface area contributed by atoms with Crippen LogP contribution in [-0.4, -0.2) is 64.4 Å². The molecule has 2 aromatic carbocycles. The van der Waals surface area contributed by atoms with E-state index >= 15 is 4.39 Å². The lowest BCUT2D eigenvalue weighted by atomic mass is 9.89. The number of fused-ring (bicyclic) bond motifs is 1. The molecule has 6 N–H and O–H groups in total. The number of ether oxygens (including phenoxy) is 2. The van der Waals surface area contributed by atoms with Crippen molar-refractivity contribution in [3.8, 4) is 16.9 Å². The number of halogens is 2. The van der Waals surface area contributed by atoms with Crippen molar-refractivity contribution in [3.63, 3.8) is 0 Å². The van der Waals surface area contributed by atoms with Crippen LogP contribution in [-0.2, 0) is 15.9 Å². The summed E-state index contributed by atoms with van der Waals surface area (Å²) in [6.45, 7) is 3.73. The number of nitrogens with one attached hydrogen (secondary N) is 2. The van der Waals surface area contributed by atoms with Crippen molar-refractivity contribution in [1.82, 2.24) is 19.4 Å². The number of aromatic nitrogens is 3. The van der Waals surface area contributed by atoms with Crippen molar-refractivity contribution in [3.05, 3.63) is 81.1 Å². The van der Waals surface area contributed by atoms with E-state index in [9.17, 15) is 4.79 Å². The fourth-order valence-electron chi connectivity index (χ4n) is 6.44. The maximum atomic E-state index is 15.2. The molecule has 246 valence electrons. The maximum Gasteiger partial charge on any atom is 0.354 e. The van der Waals surface area contributed by atoms with Gasteiger partial charge in [0, 0.05) is 48.9 Å². The number of aromatic amines is 1. The number of piperidine rings is 1. The largest absolute Gasteiger partial charge is 0.466 e. The quantitative estimate of drug-likeness (QED) is 0.107. The Morgan fingerprint density at radius 3 is 2.72 bits per heavy atom. The highest BCUT2D eigenvalue weighted by Crippen LogP contribution is 2.36. The predicted octanol–water partition coefficient (Wildman–Crippen LogP) is 5.69. The molecule has 46 heavy (non-hydrogen) atoms. The van der Waals surface area contributed by atoms with E-state index in [0.717, 1.165) is 62.6 Å². The van der Waals surface area contributed by atoms with E-state index in [1.165, 1.54) is 4.57 Å². The molecule has 2 aromatic heterocycles. The minimum Gasteiger partial charge on any atom is -0.466 e. The van der Waals surface area contributed by atoms with E-state index in [4.69, 9.17) is 38.0 Å². The normalized spacial score (nSPS) is 17.8. The summed E-state index contributed by atoms with van der Waals surface area (Å²) in [4.78, 5) is 23.0. The minimum atomic E-state index is -0.522. The monoisotopic (exact) mass is 651 g/mol. The lowest BCUT2D eigenvalue weighted by Crippen LogP contribution is -2.44. The Morgan fingerprint density at radius 2 is 2.00 bits per heavy atom. The van der Waals surface area contributed by atoms with Crippen LogP contribution in [0.15, 0.2) is 53.5 Å². The number of methoxy groups -OCH3 is 1. The van der Waals surface area contributed by atoms with Crippen molar-refractivity contribution in [2.24, 2.45) is 11.5 Å². The first kappa shape index (κ1) is 33.6. The number of nitrogens with two attached hydrogens (primary N) is 2. The first-order valence-corrected chi connectivity index (χ1v) is 16.2. The van der Waals surface area contributed by atoms with Gasteiger partial charge in [-0.2, -0.15) is 4.98 Å². The number of hydrogen-bond acceptors (Lipinski definition) is 7. The van der Waals surface area contributed by atoms with Gasteiger partial charge in [-0.3, -0.25) is 14.9 Å². The van der Waals surface area contributed by atoms with Crippen LogP contribution in [0.1, 0.15) is 62.6 Å². The van der Waals surface area contributed by atoms with Crippen LogP contribution in [0.4, 0.5) is 4.39 Å². The number of amidine groups is 1. The summed E-state index contributed by atoms with van der Waals surface area (Å²) < 4.78 is 27.3. The molecule has 3 atom stereocenters. The van der Waals surface area contributed by atoms with Crippen molar-refractivity contribution >= 4 is 28.7 Å². The van der Waals surface area contributed by atoms with Crippen molar-refractivity contribution in [1.29, 1.82) is 5.41 Å². The van der Waals surface area contributed by atoms with Crippen LogP contribution in [0, 0.1) is 11.2 Å². The van der Waals surface area contributed by atoms with Gasteiger partial charge in [0.1, 0.15) is 5.65 Å². The number of rotatable bonds is 13. The van der Waals surface area contributed by atoms with Gasteiger partial charge in [0.2, 0.25) is 0 Å². The molecule has 0 aliphatic carbocycles. The Kier molecular flexibility index (Phi) is 11.1. The summed E-state index contributed by atoms with van der Waals surface area (Å²) in [6.07, 6.45) is 8.06. The van der Waals surface area contributed by atoms with Gasteiger partial charge in [-0.1, -0.05) is 23.7 Å². The predicted molar refractivity (Wildman–Crippen MR) is 180 cm³/mol. The molecule has 0 unspecified atom stereocenters. The second kappa shape index (κ2) is 15.2. The molecule has 1 saturated heterocycles. The molecule has 4 aromatic rings. The topological polar surface area (TPSA) is 148 Å². The molecule has 1 fully saturated rings. The molecular weight excluding hydrogens is 609 g/mol. The van der Waals surface area contributed by atoms with Gasteiger partial charge in [0.25, 0.3) is 6.02 Å². The molecule has 0 spiro atoms. The summed E-state index contributed by atoms with van der Waals surface area (Å²) >= 11 is 6.27. The fourth-order valence-corrected chi connectivity index (χ4v) is 6.68. The lowest BCUT2D eigenvalue weighted by Gasteiger charge is -2.42. The molecule has 0 radical (unpaired) electrons. The summed E-state index contributed by atoms with van der Waals surface area (Å²) in [5, 5.41) is 8.08. The van der Waals surface area contributed by atoms with Crippen LogP contribution < -0.4 is 17.2 Å². The molecule has 0 bridgehead atoms. The van der Waals surface area contributed by atoms with Gasteiger partial charge in [-0.15, -0.1) is 0 Å². The average molecular weight is 652 g/mol. The Hall–Kier alpha value is -3.77. The van der Waals surface area contributed by atoms with Crippen molar-refractivity contribution in [2.45, 2.75) is 70.0 Å². The molecule has 0 saturated carbocycles. The van der Waals surface area contributed by atoms with E-state index in [2.05, 4.69) is 27.0 Å². The number of nitrogens with zero attached hydrogens (tertiary/aromatic N) is 3. The van der Waals surface area contributed by atoms with Crippen LogP contribution in [0.3, 0.4) is 0 Å². The van der Waals surface area contributed by atoms with Crippen LogP contribution >= 0.6 is 11.6 Å². The summed E-state index contributed by atoms with van der Waals surface area (Å²) in [7, 11) is 1.70.